The molecular weight excluding hydrogens is 459 g/mol. The van der Waals surface area contributed by atoms with Crippen LogP contribution in [0.15, 0.2) is 47.6 Å². The highest BCUT2D eigenvalue weighted by Crippen LogP contribution is 2.26. The van der Waals surface area contributed by atoms with Crippen LogP contribution in [0, 0.1) is 0 Å². The molecule has 0 bridgehead atoms. The molecule has 1 amide bonds. The van der Waals surface area contributed by atoms with Crippen molar-refractivity contribution in [1.29, 1.82) is 0 Å². The van der Waals surface area contributed by atoms with Crippen LogP contribution in [0.1, 0.15) is 25.8 Å². The highest BCUT2D eigenvalue weighted by molar-refractivity contribution is 7.99. The molecule has 0 aliphatic rings. The van der Waals surface area contributed by atoms with Gasteiger partial charge < -0.3 is 19.4 Å². The molecule has 1 unspecified atom stereocenters. The van der Waals surface area contributed by atoms with E-state index in [1.165, 1.54) is 11.8 Å². The number of hydrogen-bond acceptors (Lipinski definition) is 6. The Bertz CT molecular complexity index is 1020. The number of benzene rings is 2. The van der Waals surface area contributed by atoms with E-state index in [4.69, 9.17) is 32.7 Å². The monoisotopic (exact) mass is 480 g/mol. The number of carbonyl (C=O) groups excluding carboxylic acids is 1. The van der Waals surface area contributed by atoms with Gasteiger partial charge in [-0.05, 0) is 56.3 Å². The van der Waals surface area contributed by atoms with Crippen LogP contribution < -0.4 is 14.8 Å². The van der Waals surface area contributed by atoms with Crippen LogP contribution in [0.4, 0.5) is 5.69 Å². The molecule has 1 atom stereocenters. The number of ether oxygens (including phenoxy) is 2. The first kappa shape index (κ1) is 23.2. The molecule has 10 heteroatoms. The Morgan fingerprint density at radius 2 is 1.77 bits per heavy atom. The fourth-order valence-electron chi connectivity index (χ4n) is 2.87. The molecule has 3 rings (SSSR count). The van der Waals surface area contributed by atoms with E-state index < -0.39 is 0 Å². The van der Waals surface area contributed by atoms with Gasteiger partial charge in [-0.2, -0.15) is 0 Å². The highest BCUT2D eigenvalue weighted by Gasteiger charge is 2.19. The van der Waals surface area contributed by atoms with Crippen molar-refractivity contribution in [3.63, 3.8) is 0 Å². The van der Waals surface area contributed by atoms with E-state index >= 15 is 0 Å². The molecule has 1 heterocycles. The molecule has 1 aromatic heterocycles. The van der Waals surface area contributed by atoms with E-state index in [1.807, 2.05) is 42.7 Å². The lowest BCUT2D eigenvalue weighted by Crippen LogP contribution is -2.15. The first-order chi connectivity index (χ1) is 14.9. The predicted molar refractivity (Wildman–Crippen MR) is 124 cm³/mol. The van der Waals surface area contributed by atoms with Crippen LogP contribution in [-0.4, -0.2) is 33.5 Å². The van der Waals surface area contributed by atoms with E-state index in [0.29, 0.717) is 39.0 Å². The van der Waals surface area contributed by atoms with Crippen molar-refractivity contribution in [2.75, 3.05) is 18.2 Å². The Hall–Kier alpha value is -2.42. The van der Waals surface area contributed by atoms with E-state index in [2.05, 4.69) is 15.5 Å². The summed E-state index contributed by atoms with van der Waals surface area (Å²) in [5, 5.41) is 12.8. The lowest BCUT2D eigenvalue weighted by atomic mass is 10.3. The summed E-state index contributed by atoms with van der Waals surface area (Å²) in [5.41, 5.74) is 0.544. The molecule has 3 aromatic rings. The zero-order valence-corrected chi connectivity index (χ0v) is 19.6. The SMILES string of the molecule is CCn1c(SCC(=O)Nc2cc(Cl)cc(Cl)c2)nnc1C(C)Oc1ccc(OC)cc1. The third-order valence-electron chi connectivity index (χ3n) is 4.28. The fraction of sp³-hybridized carbons (Fsp3) is 0.286. The zero-order valence-electron chi connectivity index (χ0n) is 17.3. The number of nitrogens with zero attached hydrogens (tertiary/aromatic N) is 3. The number of amides is 1. The van der Waals surface area contributed by atoms with E-state index in [9.17, 15) is 4.79 Å². The van der Waals surface area contributed by atoms with E-state index in [-0.39, 0.29) is 17.8 Å². The van der Waals surface area contributed by atoms with Gasteiger partial charge in [0.2, 0.25) is 5.91 Å². The highest BCUT2D eigenvalue weighted by atomic mass is 35.5. The second-order valence-electron chi connectivity index (χ2n) is 6.52. The maximum absolute atomic E-state index is 12.3. The smallest absolute Gasteiger partial charge is 0.234 e. The molecule has 0 fully saturated rings. The Morgan fingerprint density at radius 1 is 1.13 bits per heavy atom. The van der Waals surface area contributed by atoms with Gasteiger partial charge in [0.15, 0.2) is 17.1 Å². The van der Waals surface area contributed by atoms with Gasteiger partial charge in [0.05, 0.1) is 12.9 Å². The average molecular weight is 481 g/mol. The number of thioether (sulfide) groups is 1. The molecule has 31 heavy (non-hydrogen) atoms. The molecule has 0 saturated heterocycles. The number of hydrogen-bond donors (Lipinski definition) is 1. The molecule has 0 aliphatic heterocycles. The Kier molecular flexibility index (Phi) is 8.06. The van der Waals surface area contributed by atoms with E-state index in [0.717, 1.165) is 5.75 Å². The van der Waals surface area contributed by atoms with Gasteiger partial charge in [-0.15, -0.1) is 10.2 Å². The van der Waals surface area contributed by atoms with E-state index in [1.54, 1.807) is 25.3 Å². The molecule has 2 aromatic carbocycles. The number of anilines is 1. The second kappa shape index (κ2) is 10.7. The molecule has 164 valence electrons. The van der Waals surface area contributed by atoms with Crippen molar-refractivity contribution in [2.24, 2.45) is 0 Å². The number of halogens is 2. The van der Waals surface area contributed by atoms with Gasteiger partial charge in [0.25, 0.3) is 0 Å². The van der Waals surface area contributed by atoms with Gasteiger partial charge in [-0.3, -0.25) is 4.79 Å². The number of aromatic nitrogens is 3. The summed E-state index contributed by atoms with van der Waals surface area (Å²) in [5.74, 6) is 2.11. The Balaban J connectivity index is 1.62. The van der Waals surface area contributed by atoms with Crippen molar-refractivity contribution in [1.82, 2.24) is 14.8 Å². The van der Waals surface area contributed by atoms with Gasteiger partial charge in [-0.1, -0.05) is 35.0 Å². The largest absolute Gasteiger partial charge is 0.497 e. The maximum atomic E-state index is 12.3. The van der Waals surface area contributed by atoms with Gasteiger partial charge in [0, 0.05) is 22.3 Å². The van der Waals surface area contributed by atoms with Gasteiger partial charge in [0.1, 0.15) is 11.5 Å². The fourth-order valence-corrected chi connectivity index (χ4v) is 4.20. The van der Waals surface area contributed by atoms with Crippen molar-refractivity contribution < 1.29 is 14.3 Å². The second-order valence-corrected chi connectivity index (χ2v) is 8.33. The number of methoxy groups -OCH3 is 1. The molecule has 0 aliphatic carbocycles. The third-order valence-corrected chi connectivity index (χ3v) is 5.68. The summed E-state index contributed by atoms with van der Waals surface area (Å²) < 4.78 is 13.1. The molecule has 1 N–H and O–H groups in total. The number of rotatable bonds is 9. The minimum absolute atomic E-state index is 0.163. The minimum Gasteiger partial charge on any atom is -0.497 e. The van der Waals surface area contributed by atoms with Crippen molar-refractivity contribution in [3.8, 4) is 11.5 Å². The van der Waals surface area contributed by atoms with Crippen molar-refractivity contribution >= 4 is 46.6 Å². The zero-order chi connectivity index (χ0) is 22.4. The summed E-state index contributed by atoms with van der Waals surface area (Å²) in [6.45, 7) is 4.54. The lowest BCUT2D eigenvalue weighted by molar-refractivity contribution is -0.113. The van der Waals surface area contributed by atoms with Crippen LogP contribution >= 0.6 is 35.0 Å². The molecule has 0 radical (unpaired) electrons. The molecular formula is C21H22Cl2N4O3S. The predicted octanol–water partition coefficient (Wildman–Crippen LogP) is 5.48. The third kappa shape index (κ3) is 6.29. The lowest BCUT2D eigenvalue weighted by Gasteiger charge is -2.15. The molecule has 0 saturated carbocycles. The van der Waals surface area contributed by atoms with Crippen LogP contribution in [-0.2, 0) is 11.3 Å². The van der Waals surface area contributed by atoms with Crippen LogP contribution in [0.5, 0.6) is 11.5 Å². The topological polar surface area (TPSA) is 78.3 Å². The van der Waals surface area contributed by atoms with Gasteiger partial charge in [-0.25, -0.2) is 0 Å². The first-order valence-electron chi connectivity index (χ1n) is 9.52. The summed E-state index contributed by atoms with van der Waals surface area (Å²) >= 11 is 13.2. The summed E-state index contributed by atoms with van der Waals surface area (Å²) in [6.07, 6.45) is -0.322. The number of carbonyl (C=O) groups is 1. The summed E-state index contributed by atoms with van der Waals surface area (Å²) in [7, 11) is 1.62. The Labute approximate surface area is 195 Å². The standard InChI is InChI=1S/C21H22Cl2N4O3S/c1-4-27-20(13(2)30-18-7-5-17(29-3)6-8-18)25-26-21(27)31-12-19(28)24-16-10-14(22)9-15(23)11-16/h5-11,13H,4,12H2,1-3H3,(H,24,28). The molecule has 7 nitrogen and oxygen atoms in total. The quantitative estimate of drug-likeness (QED) is 0.408. The average Bonchev–Trinajstić information content (AvgIpc) is 3.15. The van der Waals surface area contributed by atoms with Crippen molar-refractivity contribution in [3.05, 3.63) is 58.3 Å². The number of nitrogens with one attached hydrogen (secondary N) is 1. The first-order valence-corrected chi connectivity index (χ1v) is 11.3. The normalized spacial score (nSPS) is 11.8. The summed E-state index contributed by atoms with van der Waals surface area (Å²) in [4.78, 5) is 12.3. The van der Waals surface area contributed by atoms with Crippen LogP contribution in [0.2, 0.25) is 10.0 Å². The maximum Gasteiger partial charge on any atom is 0.234 e. The minimum atomic E-state index is -0.322. The Morgan fingerprint density at radius 3 is 2.39 bits per heavy atom. The van der Waals surface area contributed by atoms with Crippen LogP contribution in [0.25, 0.3) is 0 Å². The van der Waals surface area contributed by atoms with Gasteiger partial charge >= 0.3 is 0 Å². The molecule has 0 spiro atoms. The van der Waals surface area contributed by atoms with Crippen LogP contribution in [0.3, 0.4) is 0 Å². The summed E-state index contributed by atoms with van der Waals surface area (Å²) in [6, 6.07) is 12.2. The van der Waals surface area contributed by atoms with Crippen molar-refractivity contribution in [2.45, 2.75) is 31.7 Å².